The van der Waals surface area contributed by atoms with Crippen molar-refractivity contribution in [3.05, 3.63) is 29.8 Å². The Morgan fingerprint density at radius 2 is 1.88 bits per heavy atom. The van der Waals surface area contributed by atoms with Crippen molar-refractivity contribution in [3.8, 4) is 0 Å². The molecule has 3 N–H and O–H groups in total. The van der Waals surface area contributed by atoms with Gasteiger partial charge in [-0.3, -0.25) is 5.32 Å². The molecule has 0 fully saturated rings. The van der Waals surface area contributed by atoms with E-state index in [1.807, 2.05) is 24.3 Å². The van der Waals surface area contributed by atoms with E-state index in [2.05, 4.69) is 26.1 Å². The van der Waals surface area contributed by atoms with Gasteiger partial charge in [0.25, 0.3) is 0 Å². The lowest BCUT2D eigenvalue weighted by Crippen LogP contribution is -2.18. The minimum absolute atomic E-state index is 0.110. The number of hydrogen-bond donors (Lipinski definition) is 2. The van der Waals surface area contributed by atoms with E-state index in [0.29, 0.717) is 6.54 Å². The summed E-state index contributed by atoms with van der Waals surface area (Å²) in [6, 6.07) is 7.73. The summed E-state index contributed by atoms with van der Waals surface area (Å²) in [4.78, 5) is 11.3. The number of nitrogens with one attached hydrogen (secondary N) is 1. The van der Waals surface area contributed by atoms with Gasteiger partial charge in [-0.15, -0.1) is 0 Å². The molecule has 4 heteroatoms. The molecule has 0 spiro atoms. The predicted octanol–water partition coefficient (Wildman–Crippen LogP) is 2.49. The Morgan fingerprint density at radius 1 is 1.29 bits per heavy atom. The summed E-state index contributed by atoms with van der Waals surface area (Å²) in [5, 5.41) is 2.64. The van der Waals surface area contributed by atoms with Crippen LogP contribution in [0.4, 0.5) is 10.5 Å². The Morgan fingerprint density at radius 3 is 2.35 bits per heavy atom. The summed E-state index contributed by atoms with van der Waals surface area (Å²) in [5.74, 6) is 0. The van der Waals surface area contributed by atoms with Crippen LogP contribution in [0.1, 0.15) is 26.3 Å². The van der Waals surface area contributed by atoms with Crippen LogP contribution < -0.4 is 11.1 Å². The predicted molar refractivity (Wildman–Crippen MR) is 69.2 cm³/mol. The Kier molecular flexibility index (Phi) is 4.52. The third-order valence-electron chi connectivity index (χ3n) is 2.35. The standard InChI is InChI=1S/C13H20N2O2/c1-13(2,3)10-4-6-11(7-5-10)15-12(16)17-9-8-14/h4-7H,8-9,14H2,1-3H3,(H,15,16). The molecule has 0 radical (unpaired) electrons. The minimum atomic E-state index is -0.473. The summed E-state index contributed by atoms with van der Waals surface area (Å²) in [6.07, 6.45) is -0.473. The van der Waals surface area contributed by atoms with Gasteiger partial charge in [0, 0.05) is 12.2 Å². The van der Waals surface area contributed by atoms with E-state index in [9.17, 15) is 4.79 Å². The largest absolute Gasteiger partial charge is 0.448 e. The van der Waals surface area contributed by atoms with Gasteiger partial charge >= 0.3 is 6.09 Å². The molecule has 4 nitrogen and oxygen atoms in total. The van der Waals surface area contributed by atoms with Crippen molar-refractivity contribution in [1.29, 1.82) is 0 Å². The number of benzene rings is 1. The van der Waals surface area contributed by atoms with Crippen LogP contribution in [0.15, 0.2) is 24.3 Å². The number of ether oxygens (including phenoxy) is 1. The molecule has 0 aliphatic heterocycles. The van der Waals surface area contributed by atoms with Crippen LogP contribution in [0.3, 0.4) is 0 Å². The van der Waals surface area contributed by atoms with E-state index in [4.69, 9.17) is 10.5 Å². The highest BCUT2D eigenvalue weighted by Crippen LogP contribution is 2.23. The van der Waals surface area contributed by atoms with Gasteiger partial charge in [-0.25, -0.2) is 4.79 Å². The molecule has 0 saturated carbocycles. The maximum absolute atomic E-state index is 11.3. The van der Waals surface area contributed by atoms with Crippen molar-refractivity contribution in [3.63, 3.8) is 0 Å². The molecular formula is C13H20N2O2. The summed E-state index contributed by atoms with van der Waals surface area (Å²) < 4.78 is 4.82. The van der Waals surface area contributed by atoms with E-state index in [0.717, 1.165) is 5.69 Å². The van der Waals surface area contributed by atoms with Gasteiger partial charge in [-0.1, -0.05) is 32.9 Å². The fraction of sp³-hybridized carbons (Fsp3) is 0.462. The number of anilines is 1. The molecule has 1 amide bonds. The van der Waals surface area contributed by atoms with E-state index < -0.39 is 6.09 Å². The molecule has 0 aliphatic carbocycles. The minimum Gasteiger partial charge on any atom is -0.448 e. The van der Waals surface area contributed by atoms with Gasteiger partial charge in [-0.2, -0.15) is 0 Å². The van der Waals surface area contributed by atoms with Gasteiger partial charge in [0.15, 0.2) is 0 Å². The Bertz CT molecular complexity index is 366. The highest BCUT2D eigenvalue weighted by Gasteiger charge is 2.13. The number of carbonyl (C=O) groups is 1. The smallest absolute Gasteiger partial charge is 0.411 e. The maximum Gasteiger partial charge on any atom is 0.411 e. The van der Waals surface area contributed by atoms with E-state index in [1.54, 1.807) is 0 Å². The van der Waals surface area contributed by atoms with Crippen LogP contribution in [-0.4, -0.2) is 19.2 Å². The summed E-state index contributed by atoms with van der Waals surface area (Å²) in [5.41, 5.74) is 7.29. The second-order valence-corrected chi connectivity index (χ2v) is 4.88. The monoisotopic (exact) mass is 236 g/mol. The Hall–Kier alpha value is -1.55. The Balaban J connectivity index is 2.60. The maximum atomic E-state index is 11.3. The van der Waals surface area contributed by atoms with Gasteiger partial charge in [0.2, 0.25) is 0 Å². The lowest BCUT2D eigenvalue weighted by Gasteiger charge is -2.19. The fourth-order valence-corrected chi connectivity index (χ4v) is 1.36. The molecule has 0 saturated heterocycles. The van der Waals surface area contributed by atoms with E-state index in [-0.39, 0.29) is 12.0 Å². The first kappa shape index (κ1) is 13.5. The molecule has 1 aromatic rings. The first-order valence-corrected chi connectivity index (χ1v) is 5.68. The molecule has 0 bridgehead atoms. The highest BCUT2D eigenvalue weighted by atomic mass is 16.5. The summed E-state index contributed by atoms with van der Waals surface area (Å²) in [7, 11) is 0. The number of amides is 1. The quantitative estimate of drug-likeness (QED) is 0.847. The average Bonchev–Trinajstić information content (AvgIpc) is 2.26. The van der Waals surface area contributed by atoms with Crippen LogP contribution in [0, 0.1) is 0 Å². The second-order valence-electron chi connectivity index (χ2n) is 4.88. The number of hydrogen-bond acceptors (Lipinski definition) is 3. The van der Waals surface area contributed by atoms with Gasteiger partial charge < -0.3 is 10.5 Å². The molecule has 17 heavy (non-hydrogen) atoms. The molecule has 0 aliphatic rings. The van der Waals surface area contributed by atoms with Crippen molar-refractivity contribution in [2.75, 3.05) is 18.5 Å². The lowest BCUT2D eigenvalue weighted by atomic mass is 9.87. The third-order valence-corrected chi connectivity index (χ3v) is 2.35. The first-order chi connectivity index (χ1) is 7.93. The van der Waals surface area contributed by atoms with E-state index in [1.165, 1.54) is 5.56 Å². The lowest BCUT2D eigenvalue weighted by molar-refractivity contribution is 0.165. The molecule has 0 heterocycles. The second kappa shape index (κ2) is 5.68. The molecule has 0 unspecified atom stereocenters. The first-order valence-electron chi connectivity index (χ1n) is 5.68. The molecule has 0 aromatic heterocycles. The normalized spacial score (nSPS) is 11.1. The number of nitrogens with two attached hydrogens (primary N) is 1. The SMILES string of the molecule is CC(C)(C)c1ccc(NC(=O)OCCN)cc1. The van der Waals surface area contributed by atoms with Gasteiger partial charge in [0.05, 0.1) is 0 Å². The topological polar surface area (TPSA) is 64.3 Å². The zero-order chi connectivity index (χ0) is 12.9. The third kappa shape index (κ3) is 4.44. The highest BCUT2D eigenvalue weighted by molar-refractivity contribution is 5.84. The van der Waals surface area contributed by atoms with Crippen LogP contribution in [0.5, 0.6) is 0 Å². The van der Waals surface area contributed by atoms with Gasteiger partial charge in [-0.05, 0) is 23.1 Å². The number of carbonyl (C=O) groups excluding carboxylic acids is 1. The summed E-state index contributed by atoms with van der Waals surface area (Å²) >= 11 is 0. The fourth-order valence-electron chi connectivity index (χ4n) is 1.36. The van der Waals surface area contributed by atoms with Gasteiger partial charge in [0.1, 0.15) is 6.61 Å². The van der Waals surface area contributed by atoms with E-state index >= 15 is 0 Å². The number of rotatable bonds is 3. The van der Waals surface area contributed by atoms with Crippen molar-refractivity contribution in [2.24, 2.45) is 5.73 Å². The molecule has 94 valence electrons. The van der Waals surface area contributed by atoms with Crippen molar-refractivity contribution in [1.82, 2.24) is 0 Å². The zero-order valence-electron chi connectivity index (χ0n) is 10.6. The van der Waals surface area contributed by atoms with Crippen LogP contribution >= 0.6 is 0 Å². The van der Waals surface area contributed by atoms with Crippen LogP contribution in [-0.2, 0) is 10.2 Å². The van der Waals surface area contributed by atoms with Crippen molar-refractivity contribution in [2.45, 2.75) is 26.2 Å². The molecule has 0 atom stereocenters. The molecule has 1 rings (SSSR count). The zero-order valence-corrected chi connectivity index (χ0v) is 10.6. The van der Waals surface area contributed by atoms with Crippen molar-refractivity contribution >= 4 is 11.8 Å². The van der Waals surface area contributed by atoms with Crippen molar-refractivity contribution < 1.29 is 9.53 Å². The molecular weight excluding hydrogens is 216 g/mol. The molecule has 1 aromatic carbocycles. The Labute approximate surface area is 102 Å². The average molecular weight is 236 g/mol. The van der Waals surface area contributed by atoms with Crippen LogP contribution in [0.2, 0.25) is 0 Å². The van der Waals surface area contributed by atoms with Crippen LogP contribution in [0.25, 0.3) is 0 Å². The summed E-state index contributed by atoms with van der Waals surface area (Å²) in [6.45, 7) is 6.99.